The predicted molar refractivity (Wildman–Crippen MR) is 77.4 cm³/mol. The van der Waals surface area contributed by atoms with Crippen molar-refractivity contribution in [2.75, 3.05) is 0 Å². The Labute approximate surface area is 122 Å². The van der Waals surface area contributed by atoms with Crippen molar-refractivity contribution in [1.82, 2.24) is 9.97 Å². The first-order valence-electron chi connectivity index (χ1n) is 5.44. The molecule has 2 aromatic heterocycles. The molecule has 3 aromatic rings. The standard InChI is InChI=1S/C13H7Cl2FN2S/c14-5-10-17-12(15)11-9(6-19-13(11)18-10)7-1-3-8(16)4-2-7/h1-4,6H,5H2. The molecule has 0 fully saturated rings. The van der Waals surface area contributed by atoms with E-state index in [2.05, 4.69) is 9.97 Å². The molecule has 3 rings (SSSR count). The Hall–Kier alpha value is -1.23. The summed E-state index contributed by atoms with van der Waals surface area (Å²) in [7, 11) is 0. The van der Waals surface area contributed by atoms with Crippen LogP contribution in [0.5, 0.6) is 0 Å². The lowest BCUT2D eigenvalue weighted by Gasteiger charge is -2.02. The second-order valence-electron chi connectivity index (χ2n) is 3.90. The first-order valence-corrected chi connectivity index (χ1v) is 7.24. The lowest BCUT2D eigenvalue weighted by Crippen LogP contribution is -1.91. The minimum Gasteiger partial charge on any atom is -0.221 e. The molecule has 96 valence electrons. The van der Waals surface area contributed by atoms with E-state index in [1.54, 1.807) is 12.1 Å². The largest absolute Gasteiger partial charge is 0.221 e. The van der Waals surface area contributed by atoms with Crippen molar-refractivity contribution in [2.24, 2.45) is 0 Å². The summed E-state index contributed by atoms with van der Waals surface area (Å²) in [5.74, 6) is 0.459. The number of benzene rings is 1. The third-order valence-corrected chi connectivity index (χ3v) is 4.10. The first-order chi connectivity index (χ1) is 9.19. The highest BCUT2D eigenvalue weighted by molar-refractivity contribution is 7.17. The van der Waals surface area contributed by atoms with Crippen molar-refractivity contribution in [1.29, 1.82) is 0 Å². The van der Waals surface area contributed by atoms with E-state index in [0.717, 1.165) is 21.3 Å². The molecule has 1 aromatic carbocycles. The first kappa shape index (κ1) is 12.8. The molecule has 0 aliphatic carbocycles. The molecule has 0 radical (unpaired) electrons. The van der Waals surface area contributed by atoms with Gasteiger partial charge in [-0.1, -0.05) is 23.7 Å². The van der Waals surface area contributed by atoms with E-state index in [0.29, 0.717) is 11.0 Å². The maximum Gasteiger partial charge on any atom is 0.146 e. The fourth-order valence-electron chi connectivity index (χ4n) is 1.84. The van der Waals surface area contributed by atoms with Crippen LogP contribution in [0.15, 0.2) is 29.6 Å². The van der Waals surface area contributed by atoms with Gasteiger partial charge in [-0.15, -0.1) is 22.9 Å². The van der Waals surface area contributed by atoms with E-state index < -0.39 is 0 Å². The monoisotopic (exact) mass is 312 g/mol. The predicted octanol–water partition coefficient (Wildman–Crippen LogP) is 4.89. The Kier molecular flexibility index (Phi) is 3.39. The smallest absolute Gasteiger partial charge is 0.146 e. The number of aromatic nitrogens is 2. The fraction of sp³-hybridized carbons (Fsp3) is 0.0769. The van der Waals surface area contributed by atoms with E-state index in [1.807, 2.05) is 5.38 Å². The Morgan fingerprint density at radius 1 is 1.16 bits per heavy atom. The SMILES string of the molecule is Fc1ccc(-c2csc3nc(CCl)nc(Cl)c23)cc1. The van der Waals surface area contributed by atoms with Crippen molar-refractivity contribution in [3.8, 4) is 11.1 Å². The maximum absolute atomic E-state index is 13.0. The molecule has 2 heterocycles. The fourth-order valence-corrected chi connectivity index (χ4v) is 3.27. The van der Waals surface area contributed by atoms with Crippen LogP contribution in [0.3, 0.4) is 0 Å². The molecule has 2 nitrogen and oxygen atoms in total. The molecule has 0 bridgehead atoms. The second kappa shape index (κ2) is 5.04. The van der Waals surface area contributed by atoms with Crippen LogP contribution < -0.4 is 0 Å². The van der Waals surface area contributed by atoms with Gasteiger partial charge in [0.1, 0.15) is 21.6 Å². The highest BCUT2D eigenvalue weighted by atomic mass is 35.5. The van der Waals surface area contributed by atoms with Crippen LogP contribution in [0.1, 0.15) is 5.82 Å². The molecular formula is C13H7Cl2FN2S. The van der Waals surface area contributed by atoms with Crippen molar-refractivity contribution in [3.63, 3.8) is 0 Å². The molecule has 0 unspecified atom stereocenters. The third kappa shape index (κ3) is 2.31. The summed E-state index contributed by atoms with van der Waals surface area (Å²) in [5, 5.41) is 3.10. The van der Waals surface area contributed by atoms with Gasteiger partial charge in [0.15, 0.2) is 0 Å². The third-order valence-electron chi connectivity index (χ3n) is 2.71. The van der Waals surface area contributed by atoms with Crippen LogP contribution in [0, 0.1) is 5.82 Å². The van der Waals surface area contributed by atoms with Crippen LogP contribution in [0.2, 0.25) is 5.15 Å². The average Bonchev–Trinajstić information content (AvgIpc) is 2.84. The van der Waals surface area contributed by atoms with Crippen molar-refractivity contribution in [3.05, 3.63) is 46.4 Å². The van der Waals surface area contributed by atoms with Crippen LogP contribution >= 0.6 is 34.5 Å². The van der Waals surface area contributed by atoms with Gasteiger partial charge in [0.25, 0.3) is 0 Å². The molecule has 0 saturated heterocycles. The molecule has 0 aliphatic rings. The van der Waals surface area contributed by atoms with E-state index in [-0.39, 0.29) is 11.7 Å². The molecule has 6 heteroatoms. The van der Waals surface area contributed by atoms with Gasteiger partial charge in [-0.25, -0.2) is 14.4 Å². The topological polar surface area (TPSA) is 25.8 Å². The van der Waals surface area contributed by atoms with Gasteiger partial charge in [-0.3, -0.25) is 0 Å². The second-order valence-corrected chi connectivity index (χ2v) is 5.38. The lowest BCUT2D eigenvalue weighted by atomic mass is 10.1. The van der Waals surface area contributed by atoms with Crippen LogP contribution in [0.25, 0.3) is 21.3 Å². The molecular weight excluding hydrogens is 306 g/mol. The van der Waals surface area contributed by atoms with Crippen LogP contribution in [0.4, 0.5) is 4.39 Å². The Balaban J connectivity index is 2.23. The van der Waals surface area contributed by atoms with E-state index in [9.17, 15) is 4.39 Å². The van der Waals surface area contributed by atoms with Gasteiger partial charge >= 0.3 is 0 Å². The van der Waals surface area contributed by atoms with Gasteiger partial charge in [0.05, 0.1) is 11.3 Å². The normalized spacial score (nSPS) is 11.1. The summed E-state index contributed by atoms with van der Waals surface area (Å²) in [6.07, 6.45) is 0. The molecule has 0 spiro atoms. The summed E-state index contributed by atoms with van der Waals surface area (Å²) < 4.78 is 13.0. The minimum absolute atomic E-state index is 0.222. The van der Waals surface area contributed by atoms with E-state index >= 15 is 0 Å². The molecule has 0 saturated carbocycles. The maximum atomic E-state index is 13.0. The lowest BCUT2D eigenvalue weighted by molar-refractivity contribution is 0.628. The zero-order valence-electron chi connectivity index (χ0n) is 9.53. The summed E-state index contributed by atoms with van der Waals surface area (Å²) in [6, 6.07) is 6.26. The van der Waals surface area contributed by atoms with Gasteiger partial charge in [0.2, 0.25) is 0 Å². The number of hydrogen-bond acceptors (Lipinski definition) is 3. The Morgan fingerprint density at radius 2 is 1.89 bits per heavy atom. The average molecular weight is 313 g/mol. The van der Waals surface area contributed by atoms with Crippen molar-refractivity contribution < 1.29 is 4.39 Å². The molecule has 19 heavy (non-hydrogen) atoms. The number of alkyl halides is 1. The Morgan fingerprint density at radius 3 is 2.58 bits per heavy atom. The molecule has 0 atom stereocenters. The van der Waals surface area contributed by atoms with E-state index in [1.165, 1.54) is 23.5 Å². The summed E-state index contributed by atoms with van der Waals surface area (Å²) >= 11 is 13.4. The number of hydrogen-bond donors (Lipinski definition) is 0. The number of fused-ring (bicyclic) bond motifs is 1. The van der Waals surface area contributed by atoms with Crippen molar-refractivity contribution in [2.45, 2.75) is 5.88 Å². The van der Waals surface area contributed by atoms with Crippen LogP contribution in [-0.2, 0) is 5.88 Å². The van der Waals surface area contributed by atoms with E-state index in [4.69, 9.17) is 23.2 Å². The highest BCUT2D eigenvalue weighted by Gasteiger charge is 2.13. The van der Waals surface area contributed by atoms with Gasteiger partial charge in [-0.2, -0.15) is 0 Å². The molecule has 0 amide bonds. The number of rotatable bonds is 2. The molecule has 0 aliphatic heterocycles. The number of halogens is 3. The quantitative estimate of drug-likeness (QED) is 0.497. The van der Waals surface area contributed by atoms with Gasteiger partial charge in [-0.05, 0) is 17.7 Å². The zero-order valence-corrected chi connectivity index (χ0v) is 11.9. The summed E-state index contributed by atoms with van der Waals surface area (Å²) in [5.41, 5.74) is 1.79. The van der Waals surface area contributed by atoms with Gasteiger partial charge in [0, 0.05) is 10.9 Å². The van der Waals surface area contributed by atoms with Gasteiger partial charge < -0.3 is 0 Å². The summed E-state index contributed by atoms with van der Waals surface area (Å²) in [6.45, 7) is 0. The van der Waals surface area contributed by atoms with Crippen LogP contribution in [-0.4, -0.2) is 9.97 Å². The van der Waals surface area contributed by atoms with Crippen molar-refractivity contribution >= 4 is 44.8 Å². The number of thiophene rings is 1. The zero-order chi connectivity index (χ0) is 13.4. The number of nitrogens with zero attached hydrogens (tertiary/aromatic N) is 2. The summed E-state index contributed by atoms with van der Waals surface area (Å²) in [4.78, 5) is 9.27. The Bertz CT molecular complexity index is 740. The molecule has 0 N–H and O–H groups in total. The highest BCUT2D eigenvalue weighted by Crippen LogP contribution is 2.36. The minimum atomic E-state index is -0.268.